The first-order chi connectivity index (χ1) is 9.04. The normalized spacial score (nSPS) is 11.7. The molecule has 0 aromatic carbocycles. The first kappa shape index (κ1) is 13.7. The molecule has 4 nitrogen and oxygen atoms in total. The number of ether oxygens (including phenoxy) is 1. The predicted molar refractivity (Wildman–Crippen MR) is 75.7 cm³/mol. The highest BCUT2D eigenvalue weighted by molar-refractivity contribution is 5.56. The standard InChI is InChI=1S/C15H21N3O/c1-15(2,3)11-19-8-7-18-10-14(17-12-18)13-5-4-6-16-9-13/h4-6,9-10,12H,7-8,11H2,1-3H3. The van der Waals surface area contributed by atoms with Crippen molar-refractivity contribution in [2.45, 2.75) is 27.3 Å². The molecule has 2 aromatic rings. The Kier molecular flexibility index (Phi) is 4.32. The lowest BCUT2D eigenvalue weighted by molar-refractivity contribution is 0.0661. The number of aromatic nitrogens is 3. The van der Waals surface area contributed by atoms with Crippen LogP contribution in [0.2, 0.25) is 0 Å². The number of hydrogen-bond donors (Lipinski definition) is 0. The number of rotatable bonds is 5. The van der Waals surface area contributed by atoms with E-state index in [1.807, 2.05) is 35.4 Å². The monoisotopic (exact) mass is 259 g/mol. The van der Waals surface area contributed by atoms with Crippen molar-refractivity contribution in [3.8, 4) is 11.3 Å². The SMILES string of the molecule is CC(C)(C)COCCn1cnc(-c2cccnc2)c1. The van der Waals surface area contributed by atoms with Crippen LogP contribution in [0.3, 0.4) is 0 Å². The average molecular weight is 259 g/mol. The molecule has 0 aliphatic carbocycles. The Morgan fingerprint density at radius 1 is 1.32 bits per heavy atom. The highest BCUT2D eigenvalue weighted by Gasteiger charge is 2.09. The molecule has 0 saturated carbocycles. The van der Waals surface area contributed by atoms with Crippen molar-refractivity contribution in [1.29, 1.82) is 0 Å². The van der Waals surface area contributed by atoms with Crippen LogP contribution in [0.25, 0.3) is 11.3 Å². The molecule has 0 N–H and O–H groups in total. The fourth-order valence-corrected chi connectivity index (χ4v) is 1.69. The Morgan fingerprint density at radius 3 is 2.84 bits per heavy atom. The van der Waals surface area contributed by atoms with Gasteiger partial charge in [0.05, 0.1) is 25.2 Å². The molecule has 102 valence electrons. The molecule has 0 atom stereocenters. The lowest BCUT2D eigenvalue weighted by Crippen LogP contribution is -2.16. The maximum Gasteiger partial charge on any atom is 0.0954 e. The minimum Gasteiger partial charge on any atom is -0.379 e. The van der Waals surface area contributed by atoms with Gasteiger partial charge in [0.2, 0.25) is 0 Å². The van der Waals surface area contributed by atoms with Crippen LogP contribution < -0.4 is 0 Å². The van der Waals surface area contributed by atoms with Crippen LogP contribution in [-0.4, -0.2) is 27.7 Å². The largest absolute Gasteiger partial charge is 0.379 e. The van der Waals surface area contributed by atoms with Crippen molar-refractivity contribution in [2.75, 3.05) is 13.2 Å². The number of nitrogens with zero attached hydrogens (tertiary/aromatic N) is 3. The van der Waals surface area contributed by atoms with Crippen LogP contribution >= 0.6 is 0 Å². The van der Waals surface area contributed by atoms with Crippen LogP contribution in [0.5, 0.6) is 0 Å². The van der Waals surface area contributed by atoms with E-state index in [1.165, 1.54) is 0 Å². The molecule has 2 heterocycles. The molecule has 0 fully saturated rings. The number of hydrogen-bond acceptors (Lipinski definition) is 3. The van der Waals surface area contributed by atoms with Gasteiger partial charge in [-0.25, -0.2) is 4.98 Å². The first-order valence-corrected chi connectivity index (χ1v) is 6.54. The van der Waals surface area contributed by atoms with Crippen LogP contribution in [0.1, 0.15) is 20.8 Å². The molecule has 19 heavy (non-hydrogen) atoms. The van der Waals surface area contributed by atoms with Crippen molar-refractivity contribution in [2.24, 2.45) is 5.41 Å². The fourth-order valence-electron chi connectivity index (χ4n) is 1.69. The van der Waals surface area contributed by atoms with Crippen molar-refractivity contribution in [3.05, 3.63) is 37.1 Å². The summed E-state index contributed by atoms with van der Waals surface area (Å²) in [4.78, 5) is 8.48. The summed E-state index contributed by atoms with van der Waals surface area (Å²) in [5.41, 5.74) is 2.20. The maximum absolute atomic E-state index is 5.66. The second kappa shape index (κ2) is 5.97. The van der Waals surface area contributed by atoms with E-state index in [9.17, 15) is 0 Å². The topological polar surface area (TPSA) is 39.9 Å². The molecule has 0 unspecified atom stereocenters. The van der Waals surface area contributed by atoms with Crippen molar-refractivity contribution in [3.63, 3.8) is 0 Å². The van der Waals surface area contributed by atoms with E-state index < -0.39 is 0 Å². The second-order valence-electron chi connectivity index (χ2n) is 5.85. The highest BCUT2D eigenvalue weighted by Crippen LogP contribution is 2.15. The number of imidazole rings is 1. The summed E-state index contributed by atoms with van der Waals surface area (Å²) in [5, 5.41) is 0. The first-order valence-electron chi connectivity index (χ1n) is 6.54. The van der Waals surface area contributed by atoms with Crippen LogP contribution in [0.15, 0.2) is 37.1 Å². The minimum atomic E-state index is 0.218. The van der Waals surface area contributed by atoms with E-state index in [2.05, 4.69) is 30.7 Å². The van der Waals surface area contributed by atoms with Gasteiger partial charge in [-0.2, -0.15) is 0 Å². The van der Waals surface area contributed by atoms with E-state index in [4.69, 9.17) is 4.74 Å². The molecule has 0 amide bonds. The molecule has 0 radical (unpaired) electrons. The zero-order chi connectivity index (χ0) is 13.7. The van der Waals surface area contributed by atoms with Gasteiger partial charge >= 0.3 is 0 Å². The van der Waals surface area contributed by atoms with Gasteiger partial charge in [0, 0.05) is 30.7 Å². The maximum atomic E-state index is 5.66. The summed E-state index contributed by atoms with van der Waals surface area (Å²) >= 11 is 0. The molecule has 2 rings (SSSR count). The van der Waals surface area contributed by atoms with Gasteiger partial charge in [0.15, 0.2) is 0 Å². The van der Waals surface area contributed by atoms with Crippen molar-refractivity contribution < 1.29 is 4.74 Å². The third-order valence-corrected chi connectivity index (χ3v) is 2.62. The summed E-state index contributed by atoms with van der Waals surface area (Å²) in [5.74, 6) is 0. The molecule has 0 saturated heterocycles. The zero-order valence-corrected chi connectivity index (χ0v) is 11.8. The lowest BCUT2D eigenvalue weighted by Gasteiger charge is -2.17. The van der Waals surface area contributed by atoms with Crippen molar-refractivity contribution in [1.82, 2.24) is 14.5 Å². The smallest absolute Gasteiger partial charge is 0.0954 e. The Morgan fingerprint density at radius 2 is 2.16 bits per heavy atom. The fraction of sp³-hybridized carbons (Fsp3) is 0.467. The van der Waals surface area contributed by atoms with Gasteiger partial charge in [-0.15, -0.1) is 0 Å². The molecule has 0 aliphatic rings. The Hall–Kier alpha value is -1.68. The van der Waals surface area contributed by atoms with Crippen LogP contribution in [-0.2, 0) is 11.3 Å². The van der Waals surface area contributed by atoms with E-state index >= 15 is 0 Å². The van der Waals surface area contributed by atoms with Gasteiger partial charge in [-0.1, -0.05) is 20.8 Å². The lowest BCUT2D eigenvalue weighted by atomic mass is 9.99. The van der Waals surface area contributed by atoms with Gasteiger partial charge < -0.3 is 9.30 Å². The van der Waals surface area contributed by atoms with E-state index in [-0.39, 0.29) is 5.41 Å². The minimum absolute atomic E-state index is 0.218. The zero-order valence-electron chi connectivity index (χ0n) is 11.8. The summed E-state index contributed by atoms with van der Waals surface area (Å²) in [7, 11) is 0. The Bertz CT molecular complexity index is 500. The van der Waals surface area contributed by atoms with Gasteiger partial charge in [0.1, 0.15) is 0 Å². The van der Waals surface area contributed by atoms with E-state index in [0.29, 0.717) is 6.61 Å². The number of pyridine rings is 1. The summed E-state index contributed by atoms with van der Waals surface area (Å²) in [6.07, 6.45) is 7.45. The van der Waals surface area contributed by atoms with E-state index in [0.717, 1.165) is 24.4 Å². The molecule has 4 heteroatoms. The average Bonchev–Trinajstić information content (AvgIpc) is 2.83. The summed E-state index contributed by atoms with van der Waals surface area (Å²) < 4.78 is 7.70. The second-order valence-corrected chi connectivity index (χ2v) is 5.85. The van der Waals surface area contributed by atoms with Crippen molar-refractivity contribution >= 4 is 0 Å². The highest BCUT2D eigenvalue weighted by atomic mass is 16.5. The molecule has 0 bridgehead atoms. The van der Waals surface area contributed by atoms with Crippen LogP contribution in [0, 0.1) is 5.41 Å². The van der Waals surface area contributed by atoms with E-state index in [1.54, 1.807) is 6.20 Å². The molecular weight excluding hydrogens is 238 g/mol. The predicted octanol–water partition coefficient (Wildman–Crippen LogP) is 3.01. The Labute approximate surface area is 114 Å². The third-order valence-electron chi connectivity index (χ3n) is 2.62. The van der Waals surface area contributed by atoms with Crippen LogP contribution in [0.4, 0.5) is 0 Å². The van der Waals surface area contributed by atoms with Gasteiger partial charge in [-0.3, -0.25) is 4.98 Å². The summed E-state index contributed by atoms with van der Waals surface area (Å²) in [6, 6.07) is 3.93. The third kappa shape index (κ3) is 4.48. The van der Waals surface area contributed by atoms with Gasteiger partial charge in [-0.05, 0) is 17.5 Å². The van der Waals surface area contributed by atoms with Gasteiger partial charge in [0.25, 0.3) is 0 Å². The Balaban J connectivity index is 1.85. The molecule has 0 aliphatic heterocycles. The summed E-state index contributed by atoms with van der Waals surface area (Å²) in [6.45, 7) is 8.82. The quantitative estimate of drug-likeness (QED) is 0.775. The molecule has 0 spiro atoms. The molecule has 2 aromatic heterocycles. The molecular formula is C15H21N3O.